The summed E-state index contributed by atoms with van der Waals surface area (Å²) in [7, 11) is -0.747. The molecule has 1 aromatic heterocycles. The Hall–Kier alpha value is -1.69. The molecule has 6 heteroatoms. The maximum absolute atomic E-state index is 11.0. The Kier molecular flexibility index (Phi) is 4.09. The molecule has 0 bridgehead atoms. The number of nitrogens with one attached hydrogen (secondary N) is 1. The normalized spacial score (nSPS) is 12.5. The lowest BCUT2D eigenvalue weighted by Crippen LogP contribution is -2.08. The molecule has 0 saturated carbocycles. The average molecular weight is 264 g/mol. The van der Waals surface area contributed by atoms with Gasteiger partial charge in [-0.1, -0.05) is 0 Å². The quantitative estimate of drug-likeness (QED) is 0.630. The zero-order valence-corrected chi connectivity index (χ0v) is 11.0. The molecule has 5 nitrogen and oxygen atoms in total. The van der Waals surface area contributed by atoms with Crippen LogP contribution in [-0.4, -0.2) is 32.7 Å². The zero-order chi connectivity index (χ0) is 13.0. The molecule has 0 fully saturated rings. The number of hydrogen-bond acceptors (Lipinski definition) is 5. The molecule has 0 amide bonds. The second-order valence-corrected chi connectivity index (χ2v) is 5.61. The topological polar surface area (TPSA) is 80.9 Å². The third-order valence-electron chi connectivity index (χ3n) is 2.56. The highest BCUT2D eigenvalue weighted by molar-refractivity contribution is 7.84. The minimum Gasteiger partial charge on any atom is -0.399 e. The molecule has 1 aromatic carbocycles. The van der Waals surface area contributed by atoms with Gasteiger partial charge in [-0.05, 0) is 24.6 Å². The van der Waals surface area contributed by atoms with Crippen LogP contribution in [0.1, 0.15) is 6.42 Å². The maximum Gasteiger partial charge on any atom is 0.137 e. The van der Waals surface area contributed by atoms with Gasteiger partial charge in [0.1, 0.15) is 12.1 Å². The SMILES string of the molecule is CS(=O)CCCNc1ncnc2ccc(N)cc12. The van der Waals surface area contributed by atoms with Gasteiger partial charge in [-0.25, -0.2) is 9.97 Å². The molecular formula is C12H16N4OS. The fourth-order valence-electron chi connectivity index (χ4n) is 1.70. The van der Waals surface area contributed by atoms with Gasteiger partial charge in [-0.3, -0.25) is 4.21 Å². The fraction of sp³-hybridized carbons (Fsp3) is 0.333. The summed E-state index contributed by atoms with van der Waals surface area (Å²) in [4.78, 5) is 8.40. The molecule has 2 rings (SSSR count). The van der Waals surface area contributed by atoms with Crippen LogP contribution in [-0.2, 0) is 10.8 Å². The van der Waals surface area contributed by atoms with Gasteiger partial charge in [0.2, 0.25) is 0 Å². The summed E-state index contributed by atoms with van der Waals surface area (Å²) in [6.45, 7) is 0.737. The Bertz CT molecular complexity index is 573. The van der Waals surface area contributed by atoms with E-state index in [1.54, 1.807) is 6.26 Å². The van der Waals surface area contributed by atoms with E-state index in [-0.39, 0.29) is 0 Å². The Morgan fingerprint density at radius 1 is 1.39 bits per heavy atom. The lowest BCUT2D eigenvalue weighted by Gasteiger charge is -2.08. The second kappa shape index (κ2) is 5.77. The summed E-state index contributed by atoms with van der Waals surface area (Å²) in [5, 5.41) is 4.14. The van der Waals surface area contributed by atoms with Gasteiger partial charge < -0.3 is 11.1 Å². The zero-order valence-electron chi connectivity index (χ0n) is 10.2. The molecule has 0 aliphatic heterocycles. The van der Waals surface area contributed by atoms with Crippen LogP contribution < -0.4 is 11.1 Å². The first-order valence-corrected chi connectivity index (χ1v) is 7.43. The Labute approximate surface area is 108 Å². The van der Waals surface area contributed by atoms with Gasteiger partial charge in [0.25, 0.3) is 0 Å². The summed E-state index contributed by atoms with van der Waals surface area (Å²) >= 11 is 0. The summed E-state index contributed by atoms with van der Waals surface area (Å²) < 4.78 is 11.0. The number of fused-ring (bicyclic) bond motifs is 1. The third-order valence-corrected chi connectivity index (χ3v) is 3.42. The first-order valence-electron chi connectivity index (χ1n) is 5.71. The van der Waals surface area contributed by atoms with E-state index in [0.29, 0.717) is 11.4 Å². The lowest BCUT2D eigenvalue weighted by molar-refractivity contribution is 0.685. The van der Waals surface area contributed by atoms with Gasteiger partial charge in [0, 0.05) is 40.4 Å². The Morgan fingerprint density at radius 3 is 3.00 bits per heavy atom. The number of nitrogens with two attached hydrogens (primary N) is 1. The van der Waals surface area contributed by atoms with Gasteiger partial charge in [0.05, 0.1) is 5.52 Å². The van der Waals surface area contributed by atoms with Crippen molar-refractivity contribution in [3.8, 4) is 0 Å². The van der Waals surface area contributed by atoms with Gasteiger partial charge in [0.15, 0.2) is 0 Å². The maximum atomic E-state index is 11.0. The standard InChI is InChI=1S/C12H16N4OS/c1-18(17)6-2-5-14-12-10-7-9(13)3-4-11(10)15-8-16-12/h3-4,7-8H,2,5-6,13H2,1H3,(H,14,15,16). The van der Waals surface area contributed by atoms with E-state index in [9.17, 15) is 4.21 Å². The van der Waals surface area contributed by atoms with Crippen molar-refractivity contribution in [3.05, 3.63) is 24.5 Å². The minimum atomic E-state index is -0.747. The van der Waals surface area contributed by atoms with Crippen LogP contribution in [0.3, 0.4) is 0 Å². The molecule has 1 heterocycles. The van der Waals surface area contributed by atoms with Crippen LogP contribution in [0.15, 0.2) is 24.5 Å². The molecule has 1 unspecified atom stereocenters. The molecule has 3 N–H and O–H groups in total. The molecule has 0 aliphatic carbocycles. The van der Waals surface area contributed by atoms with Crippen molar-refractivity contribution >= 4 is 33.2 Å². The first kappa shape index (κ1) is 12.8. The Morgan fingerprint density at radius 2 is 2.22 bits per heavy atom. The lowest BCUT2D eigenvalue weighted by atomic mass is 10.2. The average Bonchev–Trinajstić information content (AvgIpc) is 2.34. The molecule has 0 spiro atoms. The fourth-order valence-corrected chi connectivity index (χ4v) is 2.25. The number of anilines is 2. The third kappa shape index (κ3) is 3.16. The van der Waals surface area contributed by atoms with Gasteiger partial charge >= 0.3 is 0 Å². The number of benzene rings is 1. The number of nitrogen functional groups attached to an aromatic ring is 1. The minimum absolute atomic E-state index is 0.690. The van der Waals surface area contributed by atoms with E-state index in [1.807, 2.05) is 18.2 Å². The predicted molar refractivity (Wildman–Crippen MR) is 76.0 cm³/mol. The molecule has 1 atom stereocenters. The number of rotatable bonds is 5. The largest absolute Gasteiger partial charge is 0.399 e. The first-order chi connectivity index (χ1) is 8.66. The highest BCUT2D eigenvalue weighted by atomic mass is 32.2. The van der Waals surface area contributed by atoms with Crippen molar-refractivity contribution in [3.63, 3.8) is 0 Å². The van der Waals surface area contributed by atoms with Crippen molar-refractivity contribution in [2.75, 3.05) is 29.6 Å². The summed E-state index contributed by atoms with van der Waals surface area (Å²) in [5.74, 6) is 1.47. The molecule has 0 saturated heterocycles. The summed E-state index contributed by atoms with van der Waals surface area (Å²) in [5.41, 5.74) is 7.32. The molecule has 96 valence electrons. The van der Waals surface area contributed by atoms with Crippen molar-refractivity contribution in [2.45, 2.75) is 6.42 Å². The number of nitrogens with zero attached hydrogens (tertiary/aromatic N) is 2. The van der Waals surface area contributed by atoms with Gasteiger partial charge in [-0.15, -0.1) is 0 Å². The van der Waals surface area contributed by atoms with Gasteiger partial charge in [-0.2, -0.15) is 0 Å². The van der Waals surface area contributed by atoms with E-state index in [0.717, 1.165) is 29.7 Å². The molecule has 18 heavy (non-hydrogen) atoms. The van der Waals surface area contributed by atoms with Crippen molar-refractivity contribution in [2.24, 2.45) is 0 Å². The van der Waals surface area contributed by atoms with E-state index < -0.39 is 10.8 Å². The molecule has 0 aliphatic rings. The monoisotopic (exact) mass is 264 g/mol. The summed E-state index contributed by atoms with van der Waals surface area (Å²) in [6.07, 6.45) is 4.08. The van der Waals surface area contributed by atoms with E-state index >= 15 is 0 Å². The van der Waals surface area contributed by atoms with E-state index in [1.165, 1.54) is 6.33 Å². The van der Waals surface area contributed by atoms with Crippen LogP contribution in [0, 0.1) is 0 Å². The molecule has 0 radical (unpaired) electrons. The van der Waals surface area contributed by atoms with Crippen LogP contribution in [0.5, 0.6) is 0 Å². The molecule has 2 aromatic rings. The highest BCUT2D eigenvalue weighted by Gasteiger charge is 2.03. The molecular weight excluding hydrogens is 248 g/mol. The van der Waals surface area contributed by atoms with Crippen molar-refractivity contribution in [1.29, 1.82) is 0 Å². The number of hydrogen-bond donors (Lipinski definition) is 2. The van der Waals surface area contributed by atoms with E-state index in [2.05, 4.69) is 15.3 Å². The highest BCUT2D eigenvalue weighted by Crippen LogP contribution is 2.21. The van der Waals surface area contributed by atoms with E-state index in [4.69, 9.17) is 5.73 Å². The van der Waals surface area contributed by atoms with Crippen LogP contribution in [0.4, 0.5) is 11.5 Å². The number of aromatic nitrogens is 2. The summed E-state index contributed by atoms with van der Waals surface area (Å²) in [6, 6.07) is 5.55. The predicted octanol–water partition coefficient (Wildman–Crippen LogP) is 1.39. The van der Waals surface area contributed by atoms with Crippen LogP contribution in [0.2, 0.25) is 0 Å². The van der Waals surface area contributed by atoms with Crippen LogP contribution >= 0.6 is 0 Å². The Balaban J connectivity index is 2.12. The second-order valence-electron chi connectivity index (χ2n) is 4.06. The smallest absolute Gasteiger partial charge is 0.137 e. The van der Waals surface area contributed by atoms with Crippen LogP contribution in [0.25, 0.3) is 10.9 Å². The van der Waals surface area contributed by atoms with Crippen molar-refractivity contribution in [1.82, 2.24) is 9.97 Å². The van der Waals surface area contributed by atoms with Crippen molar-refractivity contribution < 1.29 is 4.21 Å².